The number of nitrogens with zero attached hydrogens (tertiary/aromatic N) is 2. The molecule has 1 heterocycles. The van der Waals surface area contributed by atoms with E-state index in [0.29, 0.717) is 5.16 Å². The molecule has 1 N–H and O–H groups in total. The predicted octanol–water partition coefficient (Wildman–Crippen LogP) is 6.21. The van der Waals surface area contributed by atoms with Crippen LogP contribution in [0.3, 0.4) is 0 Å². The molecule has 1 amide bonds. The van der Waals surface area contributed by atoms with Crippen LogP contribution >= 0.6 is 23.5 Å². The maximum atomic E-state index is 13.5. The average molecular weight is 490 g/mol. The van der Waals surface area contributed by atoms with E-state index in [1.54, 1.807) is 30.1 Å². The van der Waals surface area contributed by atoms with Crippen LogP contribution in [0.1, 0.15) is 28.4 Å². The highest BCUT2D eigenvalue weighted by Gasteiger charge is 2.18. The first-order chi connectivity index (χ1) is 16.6. The fourth-order valence-corrected chi connectivity index (χ4v) is 4.88. The van der Waals surface area contributed by atoms with Crippen molar-refractivity contribution >= 4 is 29.4 Å². The molecule has 0 aliphatic carbocycles. The highest BCUT2D eigenvalue weighted by molar-refractivity contribution is 7.99. The Hall–Kier alpha value is -3.16. The number of benzene rings is 3. The number of amides is 1. The Morgan fingerprint density at radius 2 is 1.59 bits per heavy atom. The fraction of sp³-hybridized carbons (Fsp3) is 0.148. The molecule has 0 radical (unpaired) electrons. The van der Waals surface area contributed by atoms with Crippen LogP contribution in [0.2, 0.25) is 0 Å². The van der Waals surface area contributed by atoms with Crippen molar-refractivity contribution in [1.82, 2.24) is 15.3 Å². The summed E-state index contributed by atoms with van der Waals surface area (Å²) in [6, 6.07) is 26.1. The first-order valence-electron chi connectivity index (χ1n) is 10.8. The van der Waals surface area contributed by atoms with Gasteiger partial charge in [0.25, 0.3) is 0 Å². The molecular weight excluding hydrogens is 465 g/mol. The number of hydrogen-bond donors (Lipinski definition) is 1. The van der Waals surface area contributed by atoms with E-state index in [1.807, 2.05) is 43.3 Å². The summed E-state index contributed by atoms with van der Waals surface area (Å²) in [5.74, 6) is 0.614. The third-order valence-corrected chi connectivity index (χ3v) is 7.02. The second-order valence-electron chi connectivity index (χ2n) is 7.66. The minimum Gasteiger partial charge on any atom is -0.344 e. The highest BCUT2D eigenvalue weighted by Crippen LogP contribution is 2.28. The molecule has 4 rings (SSSR count). The maximum Gasteiger partial charge on any atom is 0.231 e. The van der Waals surface area contributed by atoms with Crippen molar-refractivity contribution in [2.75, 3.05) is 5.75 Å². The molecule has 0 fully saturated rings. The number of carbonyl (C=O) groups is 1. The molecule has 1 atom stereocenters. The van der Waals surface area contributed by atoms with E-state index in [4.69, 9.17) is 0 Å². The fourth-order valence-electron chi connectivity index (χ4n) is 3.34. The Bertz CT molecular complexity index is 1220. The van der Waals surface area contributed by atoms with Crippen molar-refractivity contribution in [1.29, 1.82) is 0 Å². The number of aryl methyl sites for hydroxylation is 1. The molecule has 0 saturated heterocycles. The third-order valence-electron chi connectivity index (χ3n) is 5.08. The molecule has 4 nitrogen and oxygen atoms in total. The summed E-state index contributed by atoms with van der Waals surface area (Å²) < 4.78 is 13.5. The van der Waals surface area contributed by atoms with Crippen molar-refractivity contribution in [3.8, 4) is 0 Å². The molecule has 172 valence electrons. The normalized spacial score (nSPS) is 11.7. The first kappa shape index (κ1) is 24.0. The molecular formula is C27H24FN3OS2. The van der Waals surface area contributed by atoms with Crippen LogP contribution in [0.15, 0.2) is 101 Å². The second kappa shape index (κ2) is 11.8. The summed E-state index contributed by atoms with van der Waals surface area (Å²) in [5, 5.41) is 3.65. The van der Waals surface area contributed by atoms with E-state index in [9.17, 15) is 9.18 Å². The van der Waals surface area contributed by atoms with Crippen LogP contribution in [0.5, 0.6) is 0 Å². The van der Waals surface area contributed by atoms with Gasteiger partial charge in [-0.25, -0.2) is 14.4 Å². The molecule has 34 heavy (non-hydrogen) atoms. The Kier molecular flexibility index (Phi) is 8.33. The topological polar surface area (TPSA) is 54.9 Å². The Morgan fingerprint density at radius 3 is 2.26 bits per heavy atom. The molecule has 1 aromatic heterocycles. The lowest BCUT2D eigenvalue weighted by molar-refractivity contribution is -0.119. The number of carbonyl (C=O) groups excluding carboxylic acids is 1. The van der Waals surface area contributed by atoms with Crippen molar-refractivity contribution in [3.63, 3.8) is 0 Å². The van der Waals surface area contributed by atoms with Crippen molar-refractivity contribution in [3.05, 3.63) is 119 Å². The minimum atomic E-state index is -0.389. The first-order valence-corrected chi connectivity index (χ1v) is 12.8. The standard InChI is InChI=1S/C27H24FN3OS2/c1-19-15-16-29-27(30-19)34-18-25(32)31-26(21-7-11-23(28)12-8-21)22-9-13-24(14-10-22)33-17-20-5-3-2-4-6-20/h2-16,26H,17-18H2,1H3,(H,31,32). The van der Waals surface area contributed by atoms with Gasteiger partial charge >= 0.3 is 0 Å². The molecule has 0 aliphatic rings. The number of nitrogens with one attached hydrogen (secondary N) is 1. The molecule has 0 bridgehead atoms. The summed E-state index contributed by atoms with van der Waals surface area (Å²) in [7, 11) is 0. The van der Waals surface area contributed by atoms with Crippen LogP contribution in [0, 0.1) is 12.7 Å². The van der Waals surface area contributed by atoms with E-state index in [2.05, 4.69) is 39.6 Å². The Balaban J connectivity index is 1.45. The van der Waals surface area contributed by atoms with Crippen molar-refractivity contribution in [2.45, 2.75) is 28.8 Å². The Labute approximate surface area is 207 Å². The number of aromatic nitrogens is 2. The SMILES string of the molecule is Cc1ccnc(SCC(=O)NC(c2ccc(F)cc2)c2ccc(SCc3ccccc3)cc2)n1. The average Bonchev–Trinajstić information content (AvgIpc) is 2.86. The molecule has 0 saturated carbocycles. The van der Waals surface area contributed by atoms with Crippen LogP contribution in [-0.4, -0.2) is 21.6 Å². The molecule has 7 heteroatoms. The molecule has 4 aromatic rings. The summed E-state index contributed by atoms with van der Waals surface area (Å²) in [5.41, 5.74) is 3.87. The zero-order valence-corrected chi connectivity index (χ0v) is 20.3. The number of rotatable bonds is 9. The van der Waals surface area contributed by atoms with E-state index in [-0.39, 0.29) is 23.5 Å². The lowest BCUT2D eigenvalue weighted by Crippen LogP contribution is -2.30. The van der Waals surface area contributed by atoms with Gasteiger partial charge in [0, 0.05) is 22.5 Å². The van der Waals surface area contributed by atoms with Crippen molar-refractivity contribution < 1.29 is 9.18 Å². The molecule has 3 aromatic carbocycles. The van der Waals surface area contributed by atoms with Gasteiger partial charge < -0.3 is 5.32 Å². The van der Waals surface area contributed by atoms with Gasteiger partial charge in [-0.3, -0.25) is 4.79 Å². The second-order valence-corrected chi connectivity index (χ2v) is 9.66. The number of thioether (sulfide) groups is 2. The van der Waals surface area contributed by atoms with E-state index in [0.717, 1.165) is 27.5 Å². The molecule has 1 unspecified atom stereocenters. The lowest BCUT2D eigenvalue weighted by atomic mass is 9.98. The quantitative estimate of drug-likeness (QED) is 0.224. The molecule has 0 spiro atoms. The largest absolute Gasteiger partial charge is 0.344 e. The predicted molar refractivity (Wildman–Crippen MR) is 136 cm³/mol. The van der Waals surface area contributed by atoms with Gasteiger partial charge in [0.2, 0.25) is 5.91 Å². The smallest absolute Gasteiger partial charge is 0.231 e. The van der Waals surface area contributed by atoms with Gasteiger partial charge in [-0.15, -0.1) is 11.8 Å². The van der Waals surface area contributed by atoms with Gasteiger partial charge in [0.15, 0.2) is 5.16 Å². The number of halogens is 1. The van der Waals surface area contributed by atoms with Crippen LogP contribution in [0.25, 0.3) is 0 Å². The van der Waals surface area contributed by atoms with E-state index < -0.39 is 0 Å². The monoisotopic (exact) mass is 489 g/mol. The van der Waals surface area contributed by atoms with Gasteiger partial charge in [-0.1, -0.05) is 66.4 Å². The summed E-state index contributed by atoms with van der Waals surface area (Å²) in [6.07, 6.45) is 1.68. The van der Waals surface area contributed by atoms with Gasteiger partial charge in [0.05, 0.1) is 11.8 Å². The van der Waals surface area contributed by atoms with Gasteiger partial charge in [-0.05, 0) is 53.9 Å². The van der Waals surface area contributed by atoms with E-state index >= 15 is 0 Å². The van der Waals surface area contributed by atoms with Crippen molar-refractivity contribution in [2.24, 2.45) is 0 Å². The zero-order valence-electron chi connectivity index (χ0n) is 18.6. The Morgan fingerprint density at radius 1 is 0.912 bits per heavy atom. The maximum absolute atomic E-state index is 13.5. The van der Waals surface area contributed by atoms with E-state index in [1.165, 1.54) is 29.5 Å². The third kappa shape index (κ3) is 6.92. The highest BCUT2D eigenvalue weighted by atomic mass is 32.2. The van der Waals surface area contributed by atoms with Crippen LogP contribution in [-0.2, 0) is 10.5 Å². The summed E-state index contributed by atoms with van der Waals surface area (Å²) in [6.45, 7) is 1.89. The van der Waals surface area contributed by atoms with Gasteiger partial charge in [-0.2, -0.15) is 0 Å². The summed E-state index contributed by atoms with van der Waals surface area (Å²) >= 11 is 3.05. The molecule has 0 aliphatic heterocycles. The summed E-state index contributed by atoms with van der Waals surface area (Å²) in [4.78, 5) is 22.4. The van der Waals surface area contributed by atoms with Crippen LogP contribution in [0.4, 0.5) is 4.39 Å². The number of hydrogen-bond acceptors (Lipinski definition) is 5. The van der Waals surface area contributed by atoms with Gasteiger partial charge in [0.1, 0.15) is 5.82 Å². The zero-order chi connectivity index (χ0) is 23.8. The lowest BCUT2D eigenvalue weighted by Gasteiger charge is -2.20. The minimum absolute atomic E-state index is 0.146. The van der Waals surface area contributed by atoms with Crippen LogP contribution < -0.4 is 5.32 Å².